The molecular formula is C45H33IrN3O-2. The molecule has 5 heteroatoms. The third kappa shape index (κ3) is 5.44. The molecule has 0 bridgehead atoms. The van der Waals surface area contributed by atoms with E-state index in [1.807, 2.05) is 60.8 Å². The topological polar surface area (TPSA) is 43.3 Å². The Morgan fingerprint density at radius 2 is 1.42 bits per heavy atom. The molecule has 5 heterocycles. The fourth-order valence-electron chi connectivity index (χ4n) is 7.29. The van der Waals surface area contributed by atoms with E-state index in [0.717, 1.165) is 45.5 Å². The van der Waals surface area contributed by atoms with Crippen molar-refractivity contribution in [3.8, 4) is 22.5 Å². The molecule has 0 aliphatic heterocycles. The Hall–Kier alpha value is -5.35. The van der Waals surface area contributed by atoms with Crippen LogP contribution in [-0.2, 0) is 26.5 Å². The SMILES string of the molecule is CC(C)(C)Cc1ccnc(-c2[c-]cc3c(c2)c2cccc4c5c6c(ccc5n3c24)oc2ccccc26)c1.[Ir].[c-]1ccccc1-c1ccccn1. The van der Waals surface area contributed by atoms with Gasteiger partial charge >= 0.3 is 0 Å². The first-order valence-corrected chi connectivity index (χ1v) is 16.7. The number of para-hydroxylation sites is 2. The van der Waals surface area contributed by atoms with E-state index in [1.54, 1.807) is 6.20 Å². The molecule has 4 nitrogen and oxygen atoms in total. The van der Waals surface area contributed by atoms with Gasteiger partial charge in [-0.3, -0.25) is 0 Å². The second-order valence-electron chi connectivity index (χ2n) is 13.9. The molecule has 1 radical (unpaired) electrons. The van der Waals surface area contributed by atoms with E-state index in [2.05, 4.69) is 109 Å². The van der Waals surface area contributed by atoms with Crippen LogP contribution < -0.4 is 0 Å². The van der Waals surface area contributed by atoms with Crippen molar-refractivity contribution in [3.63, 3.8) is 0 Å². The largest absolute Gasteiger partial charge is 0.456 e. The van der Waals surface area contributed by atoms with Gasteiger partial charge in [0.25, 0.3) is 0 Å². The second-order valence-corrected chi connectivity index (χ2v) is 13.9. The summed E-state index contributed by atoms with van der Waals surface area (Å²) in [5.41, 5.74) is 11.0. The molecule has 5 aromatic carbocycles. The fraction of sp³-hybridized carbons (Fsp3) is 0.111. The zero-order valence-corrected chi connectivity index (χ0v) is 30.4. The number of fused-ring (bicyclic) bond motifs is 10. The van der Waals surface area contributed by atoms with Crippen LogP contribution >= 0.6 is 0 Å². The van der Waals surface area contributed by atoms with E-state index in [4.69, 9.17) is 9.40 Å². The standard InChI is InChI=1S/C34H25N2O.C11H8N.Ir/c1-34(2,3)19-20-15-16-35-26(17-20)21-11-12-27-25(18-21)22-8-6-9-24-31-28(36(27)33(22)24)13-14-30-32(31)23-7-4-5-10-29(23)37-30;1-2-6-10(7-3-1)11-8-4-5-9-12-11;/h4-10,12-18H,19H2,1-3H3;1-6,8-9H;/q2*-1;. The summed E-state index contributed by atoms with van der Waals surface area (Å²) in [4.78, 5) is 8.93. The summed E-state index contributed by atoms with van der Waals surface area (Å²) in [7, 11) is 0. The summed E-state index contributed by atoms with van der Waals surface area (Å²) in [6.07, 6.45) is 4.73. The van der Waals surface area contributed by atoms with Crippen molar-refractivity contribution in [2.75, 3.05) is 0 Å². The maximum atomic E-state index is 6.22. The maximum Gasteiger partial charge on any atom is 0.136 e. The monoisotopic (exact) mass is 824 g/mol. The number of nitrogens with zero attached hydrogens (tertiary/aromatic N) is 3. The average Bonchev–Trinajstić information content (AvgIpc) is 3.78. The number of benzene rings is 5. The van der Waals surface area contributed by atoms with E-state index < -0.39 is 0 Å². The van der Waals surface area contributed by atoms with E-state index in [9.17, 15) is 0 Å². The smallest absolute Gasteiger partial charge is 0.136 e. The number of furan rings is 1. The molecule has 0 atom stereocenters. The zero-order chi connectivity index (χ0) is 33.1. The molecule has 0 saturated heterocycles. The van der Waals surface area contributed by atoms with Crippen LogP contribution in [0.4, 0.5) is 0 Å². The summed E-state index contributed by atoms with van der Waals surface area (Å²) in [5.74, 6) is 0. The normalized spacial score (nSPS) is 11.8. The predicted octanol–water partition coefficient (Wildman–Crippen LogP) is 11.7. The first-order chi connectivity index (χ1) is 23.9. The van der Waals surface area contributed by atoms with Crippen LogP contribution in [0, 0.1) is 17.5 Å². The Morgan fingerprint density at radius 3 is 2.24 bits per heavy atom. The zero-order valence-electron chi connectivity index (χ0n) is 28.0. The fourth-order valence-corrected chi connectivity index (χ4v) is 7.29. The first-order valence-electron chi connectivity index (χ1n) is 16.7. The van der Waals surface area contributed by atoms with Gasteiger partial charge in [-0.2, -0.15) is 0 Å². The first kappa shape index (κ1) is 31.9. The molecule has 0 unspecified atom stereocenters. The van der Waals surface area contributed by atoms with Crippen LogP contribution in [0.5, 0.6) is 0 Å². The Bertz CT molecular complexity index is 2740. The molecule has 0 amide bonds. The molecule has 0 fully saturated rings. The van der Waals surface area contributed by atoms with Gasteiger partial charge in [0.05, 0.1) is 5.52 Å². The summed E-state index contributed by atoms with van der Waals surface area (Å²) in [5, 5.41) is 7.36. The Balaban J connectivity index is 0.000000236. The molecule has 0 aliphatic rings. The third-order valence-corrected chi connectivity index (χ3v) is 9.24. The predicted molar refractivity (Wildman–Crippen MR) is 202 cm³/mol. The van der Waals surface area contributed by atoms with Gasteiger partial charge < -0.3 is 18.8 Å². The van der Waals surface area contributed by atoms with Gasteiger partial charge in [0.15, 0.2) is 0 Å². The number of pyridine rings is 2. The van der Waals surface area contributed by atoms with Crippen molar-refractivity contribution in [2.45, 2.75) is 27.2 Å². The van der Waals surface area contributed by atoms with Crippen LogP contribution in [0.3, 0.4) is 0 Å². The number of rotatable bonds is 3. The van der Waals surface area contributed by atoms with Crippen LogP contribution in [0.1, 0.15) is 26.3 Å². The quantitative estimate of drug-likeness (QED) is 0.167. The van der Waals surface area contributed by atoms with Crippen LogP contribution in [0.25, 0.3) is 82.5 Å². The van der Waals surface area contributed by atoms with Crippen molar-refractivity contribution in [1.82, 2.24) is 14.4 Å². The number of hydrogen-bond acceptors (Lipinski definition) is 3. The van der Waals surface area contributed by atoms with Gasteiger partial charge in [0.1, 0.15) is 11.2 Å². The third-order valence-electron chi connectivity index (χ3n) is 9.24. The molecule has 5 aromatic heterocycles. The van der Waals surface area contributed by atoms with Crippen molar-refractivity contribution >= 4 is 60.0 Å². The van der Waals surface area contributed by atoms with E-state index in [-0.39, 0.29) is 25.5 Å². The van der Waals surface area contributed by atoms with Crippen molar-refractivity contribution in [2.24, 2.45) is 5.41 Å². The summed E-state index contributed by atoms with van der Waals surface area (Å²) < 4.78 is 8.62. The average molecular weight is 824 g/mol. The minimum Gasteiger partial charge on any atom is -0.456 e. The van der Waals surface area contributed by atoms with Gasteiger partial charge in [0.2, 0.25) is 0 Å². The van der Waals surface area contributed by atoms with Gasteiger partial charge in [0, 0.05) is 59.6 Å². The molecule has 10 aromatic rings. The Labute approximate surface area is 304 Å². The molecule has 0 N–H and O–H groups in total. The summed E-state index contributed by atoms with van der Waals surface area (Å²) in [6.45, 7) is 6.82. The maximum absolute atomic E-state index is 6.22. The number of hydrogen-bond donors (Lipinski definition) is 0. The van der Waals surface area contributed by atoms with Crippen LogP contribution in [0.15, 0.2) is 138 Å². The Kier molecular flexibility index (Phi) is 7.98. The van der Waals surface area contributed by atoms with Gasteiger partial charge in [-0.25, -0.2) is 0 Å². The minimum atomic E-state index is 0. The molecule has 245 valence electrons. The van der Waals surface area contributed by atoms with Gasteiger partial charge in [-0.05, 0) is 64.5 Å². The van der Waals surface area contributed by atoms with Crippen LogP contribution in [0.2, 0.25) is 0 Å². The summed E-state index contributed by atoms with van der Waals surface area (Å²) in [6, 6.07) is 48.4. The van der Waals surface area contributed by atoms with E-state index in [0.29, 0.717) is 0 Å². The van der Waals surface area contributed by atoms with E-state index >= 15 is 0 Å². The molecule has 0 aliphatic carbocycles. The van der Waals surface area contributed by atoms with Gasteiger partial charge in [-0.1, -0.05) is 86.3 Å². The Morgan fingerprint density at radius 1 is 0.620 bits per heavy atom. The molecule has 0 spiro atoms. The van der Waals surface area contributed by atoms with Crippen molar-refractivity contribution < 1.29 is 24.5 Å². The van der Waals surface area contributed by atoms with Crippen molar-refractivity contribution in [3.05, 3.63) is 151 Å². The van der Waals surface area contributed by atoms with Gasteiger partial charge in [-0.15, -0.1) is 59.7 Å². The van der Waals surface area contributed by atoms with Crippen molar-refractivity contribution in [1.29, 1.82) is 0 Å². The molecule has 50 heavy (non-hydrogen) atoms. The van der Waals surface area contributed by atoms with Crippen LogP contribution in [-0.4, -0.2) is 14.4 Å². The molecular weight excluding hydrogens is 791 g/mol. The second kappa shape index (κ2) is 12.5. The van der Waals surface area contributed by atoms with E-state index in [1.165, 1.54) is 49.0 Å². The number of aromatic nitrogens is 3. The summed E-state index contributed by atoms with van der Waals surface area (Å²) >= 11 is 0. The molecule has 10 rings (SSSR count). The minimum absolute atomic E-state index is 0. The molecule has 0 saturated carbocycles.